The molecule has 5 aromatic rings. The van der Waals surface area contributed by atoms with Gasteiger partial charge in [0.2, 0.25) is 0 Å². The molecule has 11 heteroatoms. The van der Waals surface area contributed by atoms with E-state index in [0.29, 0.717) is 16.3 Å². The molecule has 1 heterocycles. The Kier molecular flexibility index (Phi) is 8.90. The third-order valence-electron chi connectivity index (χ3n) is 6.10. The maximum absolute atomic E-state index is 12.8. The Morgan fingerprint density at radius 3 is 2.37 bits per heavy atom. The number of ether oxygens (including phenoxy) is 1. The van der Waals surface area contributed by atoms with Crippen molar-refractivity contribution in [2.24, 2.45) is 5.10 Å². The van der Waals surface area contributed by atoms with Crippen LogP contribution in [0.2, 0.25) is 5.02 Å². The molecule has 0 saturated carbocycles. The molecular weight excluding hydrogens is 588 g/mol. The van der Waals surface area contributed by atoms with Crippen LogP contribution in [0.1, 0.15) is 31.2 Å². The summed E-state index contributed by atoms with van der Waals surface area (Å²) in [5.74, 6) is -2.87. The largest absolute Gasteiger partial charge is 0.422 e. The Hall–Kier alpha value is -5.32. The number of esters is 1. The van der Waals surface area contributed by atoms with E-state index in [1.54, 1.807) is 42.5 Å². The molecule has 4 aromatic carbocycles. The number of benzene rings is 4. The van der Waals surface area contributed by atoms with Gasteiger partial charge in [-0.25, -0.2) is 10.2 Å². The van der Waals surface area contributed by atoms with Crippen LogP contribution < -0.4 is 20.8 Å². The quantitative estimate of drug-likeness (QED) is 0.0644. The highest BCUT2D eigenvalue weighted by molar-refractivity contribution is 7.21. The van der Waals surface area contributed by atoms with Crippen LogP contribution >= 0.6 is 22.9 Å². The Labute approximate surface area is 255 Å². The highest BCUT2D eigenvalue weighted by atomic mass is 35.5. The average Bonchev–Trinajstić information content (AvgIpc) is 3.35. The lowest BCUT2D eigenvalue weighted by atomic mass is 10.1. The van der Waals surface area contributed by atoms with E-state index >= 15 is 0 Å². The lowest BCUT2D eigenvalue weighted by Gasteiger charge is -2.11. The first-order valence-corrected chi connectivity index (χ1v) is 14.1. The first kappa shape index (κ1) is 29.2. The second-order valence-corrected chi connectivity index (χ2v) is 10.7. The molecule has 43 heavy (non-hydrogen) atoms. The third kappa shape index (κ3) is 7.13. The van der Waals surface area contributed by atoms with E-state index in [-0.39, 0.29) is 21.9 Å². The molecule has 0 saturated heterocycles. The number of carbonyl (C=O) groups is 4. The number of nitrogens with zero attached hydrogens (tertiary/aromatic N) is 1. The summed E-state index contributed by atoms with van der Waals surface area (Å²) in [6, 6.07) is 27.4. The van der Waals surface area contributed by atoms with Crippen molar-refractivity contribution < 1.29 is 23.9 Å². The molecule has 0 atom stereocenters. The molecule has 0 aliphatic rings. The van der Waals surface area contributed by atoms with Gasteiger partial charge in [-0.2, -0.15) is 5.10 Å². The number of aryl methyl sites for hydroxylation is 1. The van der Waals surface area contributed by atoms with E-state index in [0.717, 1.165) is 15.6 Å². The van der Waals surface area contributed by atoms with Crippen LogP contribution in [0.4, 0.5) is 11.4 Å². The number of hydrogen-bond donors (Lipinski definition) is 3. The molecule has 0 bridgehead atoms. The maximum Gasteiger partial charge on any atom is 0.355 e. The summed E-state index contributed by atoms with van der Waals surface area (Å²) in [6.45, 7) is 1.94. The minimum Gasteiger partial charge on any atom is -0.422 e. The molecule has 0 unspecified atom stereocenters. The Balaban J connectivity index is 1.18. The summed E-state index contributed by atoms with van der Waals surface area (Å²) < 4.78 is 6.37. The van der Waals surface area contributed by atoms with E-state index in [1.165, 1.54) is 35.8 Å². The smallest absolute Gasteiger partial charge is 0.355 e. The van der Waals surface area contributed by atoms with Gasteiger partial charge in [0.25, 0.3) is 5.91 Å². The number of halogens is 1. The fraction of sp³-hybridized carbons (Fsp3) is 0.0312. The van der Waals surface area contributed by atoms with Crippen LogP contribution in [0.3, 0.4) is 0 Å². The summed E-state index contributed by atoms with van der Waals surface area (Å²) in [6.07, 6.45) is 1.29. The molecule has 5 rings (SSSR count). The van der Waals surface area contributed by atoms with E-state index in [4.69, 9.17) is 16.3 Å². The SMILES string of the molecule is Cc1ccc(NC(=O)c2ccccc2NC(=O)C(=O)N/N=C/c2cccc(OC(=O)c3sc4ccccc4c3Cl)c2)cc1. The number of para-hydroxylation sites is 1. The maximum atomic E-state index is 12.8. The molecule has 0 radical (unpaired) electrons. The molecule has 3 N–H and O–H groups in total. The summed E-state index contributed by atoms with van der Waals surface area (Å²) >= 11 is 7.62. The molecule has 1 aromatic heterocycles. The van der Waals surface area contributed by atoms with Gasteiger partial charge >= 0.3 is 17.8 Å². The Morgan fingerprint density at radius 1 is 0.837 bits per heavy atom. The van der Waals surface area contributed by atoms with Crippen molar-refractivity contribution in [3.8, 4) is 5.75 Å². The van der Waals surface area contributed by atoms with Gasteiger partial charge in [0, 0.05) is 15.8 Å². The lowest BCUT2D eigenvalue weighted by Crippen LogP contribution is -2.33. The fourth-order valence-corrected chi connectivity index (χ4v) is 5.36. The number of rotatable bonds is 7. The van der Waals surface area contributed by atoms with Gasteiger partial charge in [-0.15, -0.1) is 11.3 Å². The molecule has 0 aliphatic carbocycles. The monoisotopic (exact) mass is 610 g/mol. The van der Waals surface area contributed by atoms with Gasteiger partial charge in [-0.05, 0) is 55.0 Å². The van der Waals surface area contributed by atoms with Crippen molar-refractivity contribution in [3.05, 3.63) is 124 Å². The summed E-state index contributed by atoms with van der Waals surface area (Å²) in [5, 5.41) is 10.1. The second-order valence-electron chi connectivity index (χ2n) is 9.22. The van der Waals surface area contributed by atoms with Gasteiger partial charge in [-0.3, -0.25) is 14.4 Å². The first-order chi connectivity index (χ1) is 20.8. The number of hydrogen-bond acceptors (Lipinski definition) is 7. The van der Waals surface area contributed by atoms with E-state index in [2.05, 4.69) is 21.2 Å². The van der Waals surface area contributed by atoms with Crippen LogP contribution in [0.5, 0.6) is 5.75 Å². The summed E-state index contributed by atoms with van der Waals surface area (Å²) in [7, 11) is 0. The Morgan fingerprint density at radius 2 is 1.58 bits per heavy atom. The van der Waals surface area contributed by atoms with Crippen molar-refractivity contribution in [1.29, 1.82) is 0 Å². The highest BCUT2D eigenvalue weighted by Crippen LogP contribution is 2.35. The zero-order valence-corrected chi connectivity index (χ0v) is 24.2. The average molecular weight is 611 g/mol. The molecule has 0 aliphatic heterocycles. The highest BCUT2D eigenvalue weighted by Gasteiger charge is 2.20. The van der Waals surface area contributed by atoms with Crippen molar-refractivity contribution in [2.75, 3.05) is 10.6 Å². The Bertz CT molecular complexity index is 1880. The fourth-order valence-electron chi connectivity index (χ4n) is 3.98. The van der Waals surface area contributed by atoms with Crippen LogP contribution in [0, 0.1) is 6.92 Å². The van der Waals surface area contributed by atoms with E-state index < -0.39 is 23.7 Å². The predicted molar refractivity (Wildman–Crippen MR) is 168 cm³/mol. The third-order valence-corrected chi connectivity index (χ3v) is 7.76. The summed E-state index contributed by atoms with van der Waals surface area (Å²) in [4.78, 5) is 50.8. The van der Waals surface area contributed by atoms with E-state index in [1.807, 2.05) is 43.3 Å². The number of hydrazone groups is 1. The number of anilines is 2. The molecule has 0 spiro atoms. The lowest BCUT2D eigenvalue weighted by molar-refractivity contribution is -0.136. The number of carbonyl (C=O) groups excluding carboxylic acids is 4. The van der Waals surface area contributed by atoms with Crippen LogP contribution in [-0.2, 0) is 9.59 Å². The first-order valence-electron chi connectivity index (χ1n) is 12.9. The molecule has 3 amide bonds. The van der Waals surface area contributed by atoms with Gasteiger partial charge in [0.15, 0.2) is 0 Å². The van der Waals surface area contributed by atoms with E-state index in [9.17, 15) is 19.2 Å². The zero-order chi connectivity index (χ0) is 30.3. The van der Waals surface area contributed by atoms with Gasteiger partial charge in [-0.1, -0.05) is 71.8 Å². The number of fused-ring (bicyclic) bond motifs is 1. The van der Waals surface area contributed by atoms with Crippen molar-refractivity contribution in [3.63, 3.8) is 0 Å². The zero-order valence-electron chi connectivity index (χ0n) is 22.6. The standard InChI is InChI=1S/C32H23ClN4O5S/c1-19-13-15-21(16-14-19)35-29(38)23-9-2-4-11-25(23)36-30(39)31(40)37-34-18-20-7-6-8-22(17-20)42-32(41)28-27(33)24-10-3-5-12-26(24)43-28/h2-18H,1H3,(H,35,38)(H,36,39)(H,37,40)/b34-18+. The van der Waals surface area contributed by atoms with Crippen LogP contribution in [0.25, 0.3) is 10.1 Å². The summed E-state index contributed by atoms with van der Waals surface area (Å²) in [5.41, 5.74) is 4.61. The molecular formula is C32H23ClN4O5S. The van der Waals surface area contributed by atoms with Crippen molar-refractivity contribution >= 4 is 74.3 Å². The molecule has 214 valence electrons. The normalized spacial score (nSPS) is 10.8. The van der Waals surface area contributed by atoms with Gasteiger partial charge < -0.3 is 15.4 Å². The van der Waals surface area contributed by atoms with Crippen molar-refractivity contribution in [2.45, 2.75) is 6.92 Å². The number of amides is 3. The molecule has 0 fully saturated rings. The van der Waals surface area contributed by atoms with Gasteiger partial charge in [0.05, 0.1) is 22.5 Å². The molecule has 9 nitrogen and oxygen atoms in total. The number of nitrogens with one attached hydrogen (secondary N) is 3. The number of thiophene rings is 1. The van der Waals surface area contributed by atoms with Crippen LogP contribution in [-0.4, -0.2) is 29.9 Å². The van der Waals surface area contributed by atoms with Crippen LogP contribution in [0.15, 0.2) is 102 Å². The minimum absolute atomic E-state index is 0.157. The van der Waals surface area contributed by atoms with Crippen molar-refractivity contribution in [1.82, 2.24) is 5.43 Å². The second kappa shape index (κ2) is 13.1. The predicted octanol–water partition coefficient (Wildman–Crippen LogP) is 6.42. The topological polar surface area (TPSA) is 126 Å². The van der Waals surface area contributed by atoms with Gasteiger partial charge in [0.1, 0.15) is 10.6 Å². The minimum atomic E-state index is -1.05.